The van der Waals surface area contributed by atoms with Gasteiger partial charge in [-0.1, -0.05) is 0 Å². The second kappa shape index (κ2) is 4.99. The minimum absolute atomic E-state index is 0.0700. The molecule has 0 N–H and O–H groups in total. The molecule has 2 rings (SSSR count). The second-order valence-corrected chi connectivity index (χ2v) is 4.15. The van der Waals surface area contributed by atoms with E-state index in [1.54, 1.807) is 18.9 Å². The molecule has 1 amide bonds. The Balaban J connectivity index is 1.95. The predicted molar refractivity (Wildman–Crippen MR) is 62.5 cm³/mol. The van der Waals surface area contributed by atoms with Crippen LogP contribution in [0.15, 0.2) is 16.5 Å². The van der Waals surface area contributed by atoms with Crippen molar-refractivity contribution in [2.45, 2.75) is 26.9 Å². The molecule has 0 saturated heterocycles. The molecule has 0 radical (unpaired) electrons. The minimum Gasteiger partial charge on any atom is -0.464 e. The van der Waals surface area contributed by atoms with Crippen LogP contribution in [0.3, 0.4) is 0 Å². The third-order valence-corrected chi connectivity index (χ3v) is 2.61. The molecule has 0 bridgehead atoms. The SMILES string of the molecule is Cc1ccc(CN(C)C(=O)Cn2nnnc2C)o1. The minimum atomic E-state index is -0.0700. The average molecular weight is 249 g/mol. The monoisotopic (exact) mass is 249 g/mol. The molecular formula is C11H15N5O2. The molecule has 0 unspecified atom stereocenters. The van der Waals surface area contributed by atoms with Gasteiger partial charge in [0.1, 0.15) is 23.9 Å². The Morgan fingerprint density at radius 3 is 2.78 bits per heavy atom. The normalized spacial score (nSPS) is 10.6. The van der Waals surface area contributed by atoms with E-state index in [0.717, 1.165) is 11.5 Å². The first-order valence-corrected chi connectivity index (χ1v) is 5.58. The molecule has 96 valence electrons. The zero-order chi connectivity index (χ0) is 13.1. The highest BCUT2D eigenvalue weighted by atomic mass is 16.3. The van der Waals surface area contributed by atoms with Crippen molar-refractivity contribution in [1.29, 1.82) is 0 Å². The average Bonchev–Trinajstić information content (AvgIpc) is 2.89. The van der Waals surface area contributed by atoms with Crippen LogP contribution in [0.25, 0.3) is 0 Å². The number of likely N-dealkylation sites (N-methyl/N-ethyl adjacent to an activating group) is 1. The predicted octanol–water partition coefficient (Wildman–Crippen LogP) is 0.542. The topological polar surface area (TPSA) is 77.1 Å². The number of carbonyl (C=O) groups excluding carboxylic acids is 1. The van der Waals surface area contributed by atoms with E-state index in [-0.39, 0.29) is 12.5 Å². The van der Waals surface area contributed by atoms with Crippen LogP contribution >= 0.6 is 0 Å². The highest BCUT2D eigenvalue weighted by Crippen LogP contribution is 2.09. The molecule has 0 aromatic carbocycles. The number of furan rings is 1. The van der Waals surface area contributed by atoms with Gasteiger partial charge in [-0.15, -0.1) is 5.10 Å². The van der Waals surface area contributed by atoms with Gasteiger partial charge < -0.3 is 9.32 Å². The highest BCUT2D eigenvalue weighted by Gasteiger charge is 2.13. The van der Waals surface area contributed by atoms with Crippen LogP contribution in [-0.2, 0) is 17.9 Å². The molecule has 0 aliphatic carbocycles. The van der Waals surface area contributed by atoms with E-state index in [1.165, 1.54) is 4.68 Å². The van der Waals surface area contributed by atoms with Crippen molar-refractivity contribution in [2.24, 2.45) is 0 Å². The number of aryl methyl sites for hydroxylation is 2. The van der Waals surface area contributed by atoms with E-state index in [2.05, 4.69) is 15.5 Å². The lowest BCUT2D eigenvalue weighted by Crippen LogP contribution is -2.30. The molecular weight excluding hydrogens is 234 g/mol. The molecule has 2 heterocycles. The highest BCUT2D eigenvalue weighted by molar-refractivity contribution is 5.75. The Morgan fingerprint density at radius 1 is 1.44 bits per heavy atom. The summed E-state index contributed by atoms with van der Waals surface area (Å²) in [4.78, 5) is 13.5. The first-order chi connectivity index (χ1) is 8.56. The molecule has 0 spiro atoms. The lowest BCUT2D eigenvalue weighted by Gasteiger charge is -2.15. The standard InChI is InChI=1S/C11H15N5O2/c1-8-4-5-10(18-8)6-15(3)11(17)7-16-9(2)12-13-14-16/h4-5H,6-7H2,1-3H3. The van der Waals surface area contributed by atoms with E-state index >= 15 is 0 Å². The summed E-state index contributed by atoms with van der Waals surface area (Å²) in [5, 5.41) is 11.0. The number of amides is 1. The van der Waals surface area contributed by atoms with Crippen molar-refractivity contribution < 1.29 is 9.21 Å². The molecule has 7 nitrogen and oxygen atoms in total. The van der Waals surface area contributed by atoms with E-state index in [0.29, 0.717) is 12.4 Å². The molecule has 2 aromatic heterocycles. The van der Waals surface area contributed by atoms with E-state index in [1.807, 2.05) is 19.1 Å². The number of hydrogen-bond donors (Lipinski definition) is 0. The number of carbonyl (C=O) groups is 1. The Morgan fingerprint density at radius 2 is 2.22 bits per heavy atom. The molecule has 0 atom stereocenters. The molecule has 7 heteroatoms. The molecule has 18 heavy (non-hydrogen) atoms. The Bertz CT molecular complexity index is 545. The van der Waals surface area contributed by atoms with Gasteiger partial charge in [-0.3, -0.25) is 4.79 Å². The fourth-order valence-corrected chi connectivity index (χ4v) is 1.54. The van der Waals surface area contributed by atoms with Crippen LogP contribution < -0.4 is 0 Å². The molecule has 2 aromatic rings. The van der Waals surface area contributed by atoms with E-state index < -0.39 is 0 Å². The van der Waals surface area contributed by atoms with Gasteiger partial charge in [-0.25, -0.2) is 4.68 Å². The maximum atomic E-state index is 11.9. The van der Waals surface area contributed by atoms with Gasteiger partial charge in [0.15, 0.2) is 0 Å². The number of hydrogen-bond acceptors (Lipinski definition) is 5. The second-order valence-electron chi connectivity index (χ2n) is 4.15. The fraction of sp³-hybridized carbons (Fsp3) is 0.455. The maximum Gasteiger partial charge on any atom is 0.244 e. The molecule has 0 aliphatic rings. The summed E-state index contributed by atoms with van der Waals surface area (Å²) in [6.07, 6.45) is 0. The van der Waals surface area contributed by atoms with Crippen LogP contribution in [0.5, 0.6) is 0 Å². The Labute approximate surface area is 104 Å². The molecule has 0 saturated carbocycles. The van der Waals surface area contributed by atoms with Crippen molar-refractivity contribution in [2.75, 3.05) is 7.05 Å². The van der Waals surface area contributed by atoms with Gasteiger partial charge in [0, 0.05) is 7.05 Å². The van der Waals surface area contributed by atoms with Gasteiger partial charge in [0.05, 0.1) is 6.54 Å². The van der Waals surface area contributed by atoms with Gasteiger partial charge in [-0.2, -0.15) is 0 Å². The van der Waals surface area contributed by atoms with E-state index in [4.69, 9.17) is 4.42 Å². The Hall–Kier alpha value is -2.18. The summed E-state index contributed by atoms with van der Waals surface area (Å²) in [5.41, 5.74) is 0. The summed E-state index contributed by atoms with van der Waals surface area (Å²) in [6.45, 7) is 4.20. The van der Waals surface area contributed by atoms with Crippen LogP contribution in [0.4, 0.5) is 0 Å². The van der Waals surface area contributed by atoms with Gasteiger partial charge >= 0.3 is 0 Å². The van der Waals surface area contributed by atoms with Crippen molar-refractivity contribution in [3.63, 3.8) is 0 Å². The maximum absolute atomic E-state index is 11.9. The first-order valence-electron chi connectivity index (χ1n) is 5.58. The summed E-state index contributed by atoms with van der Waals surface area (Å²) >= 11 is 0. The number of nitrogens with zero attached hydrogens (tertiary/aromatic N) is 5. The van der Waals surface area contributed by atoms with Crippen molar-refractivity contribution in [1.82, 2.24) is 25.1 Å². The van der Waals surface area contributed by atoms with E-state index in [9.17, 15) is 4.79 Å². The lowest BCUT2D eigenvalue weighted by molar-refractivity contribution is -0.131. The largest absolute Gasteiger partial charge is 0.464 e. The molecule has 0 aliphatic heterocycles. The number of tetrazole rings is 1. The zero-order valence-corrected chi connectivity index (χ0v) is 10.6. The van der Waals surface area contributed by atoms with Gasteiger partial charge in [-0.05, 0) is 36.4 Å². The number of rotatable bonds is 4. The van der Waals surface area contributed by atoms with Crippen LogP contribution in [0.2, 0.25) is 0 Å². The summed E-state index contributed by atoms with van der Waals surface area (Å²) in [7, 11) is 1.72. The summed E-state index contributed by atoms with van der Waals surface area (Å²) < 4.78 is 6.89. The summed E-state index contributed by atoms with van der Waals surface area (Å²) in [6, 6.07) is 3.74. The van der Waals surface area contributed by atoms with Crippen LogP contribution in [0.1, 0.15) is 17.3 Å². The third-order valence-electron chi connectivity index (χ3n) is 2.61. The third kappa shape index (κ3) is 2.73. The van der Waals surface area contributed by atoms with Gasteiger partial charge in [0.25, 0.3) is 0 Å². The smallest absolute Gasteiger partial charge is 0.244 e. The summed E-state index contributed by atoms with van der Waals surface area (Å²) in [5.74, 6) is 2.14. The number of aromatic nitrogens is 4. The zero-order valence-electron chi connectivity index (χ0n) is 10.6. The molecule has 0 fully saturated rings. The van der Waals surface area contributed by atoms with Crippen molar-refractivity contribution >= 4 is 5.91 Å². The lowest BCUT2D eigenvalue weighted by atomic mass is 10.4. The van der Waals surface area contributed by atoms with Crippen molar-refractivity contribution in [3.8, 4) is 0 Å². The van der Waals surface area contributed by atoms with Crippen molar-refractivity contribution in [3.05, 3.63) is 29.5 Å². The quantitative estimate of drug-likeness (QED) is 0.790. The van der Waals surface area contributed by atoms with Gasteiger partial charge in [0.2, 0.25) is 5.91 Å². The fourth-order valence-electron chi connectivity index (χ4n) is 1.54. The Kier molecular flexibility index (Phi) is 3.40. The first kappa shape index (κ1) is 12.3. The van der Waals surface area contributed by atoms with Crippen LogP contribution in [0, 0.1) is 13.8 Å². The van der Waals surface area contributed by atoms with Crippen LogP contribution in [-0.4, -0.2) is 38.1 Å².